The maximum Gasteiger partial charge on any atom is 0.240 e. The van der Waals surface area contributed by atoms with Gasteiger partial charge >= 0.3 is 0 Å². The van der Waals surface area contributed by atoms with Gasteiger partial charge in [-0.3, -0.25) is 0 Å². The van der Waals surface area contributed by atoms with E-state index in [1.165, 1.54) is 17.4 Å². The summed E-state index contributed by atoms with van der Waals surface area (Å²) in [6.07, 6.45) is 0.434. The van der Waals surface area contributed by atoms with Crippen LogP contribution in [0.4, 0.5) is 4.39 Å². The average Bonchev–Trinajstić information content (AvgIpc) is 3.30. The molecule has 2 aromatic heterocycles. The van der Waals surface area contributed by atoms with Crippen LogP contribution in [0.2, 0.25) is 0 Å². The van der Waals surface area contributed by atoms with Gasteiger partial charge in [-0.2, -0.15) is 4.98 Å². The molecule has 0 amide bonds. The number of rotatable bonds is 7. The summed E-state index contributed by atoms with van der Waals surface area (Å²) in [5, 5.41) is 6.28. The Bertz CT molecular complexity index is 1280. The molecular formula is C21H21FN4O2S2. The predicted molar refractivity (Wildman–Crippen MR) is 116 cm³/mol. The van der Waals surface area contributed by atoms with Gasteiger partial charge in [-0.15, -0.1) is 16.4 Å². The molecule has 0 aliphatic heterocycles. The Morgan fingerprint density at radius 2 is 1.87 bits per heavy atom. The van der Waals surface area contributed by atoms with Crippen LogP contribution in [0, 0.1) is 5.82 Å². The summed E-state index contributed by atoms with van der Waals surface area (Å²) in [5.74, 6) is 0.271. The van der Waals surface area contributed by atoms with Gasteiger partial charge in [0.15, 0.2) is 5.82 Å². The largest absolute Gasteiger partial charge is 0.240 e. The Balaban J connectivity index is 1.47. The minimum atomic E-state index is -3.59. The number of sulfonamides is 1. The Labute approximate surface area is 178 Å². The zero-order valence-corrected chi connectivity index (χ0v) is 18.2. The van der Waals surface area contributed by atoms with E-state index in [2.05, 4.69) is 28.7 Å². The fourth-order valence-corrected chi connectivity index (χ4v) is 4.97. The molecule has 30 heavy (non-hydrogen) atoms. The summed E-state index contributed by atoms with van der Waals surface area (Å²) < 4.78 is 43.4. The van der Waals surface area contributed by atoms with Crippen LogP contribution >= 0.6 is 11.3 Å². The summed E-state index contributed by atoms with van der Waals surface area (Å²) in [6.45, 7) is 4.34. The maximum atomic E-state index is 14.0. The van der Waals surface area contributed by atoms with Gasteiger partial charge < -0.3 is 0 Å². The van der Waals surface area contributed by atoms with Gasteiger partial charge in [-0.25, -0.2) is 22.0 Å². The summed E-state index contributed by atoms with van der Waals surface area (Å²) in [4.78, 5) is 5.26. The van der Waals surface area contributed by atoms with Crippen molar-refractivity contribution < 1.29 is 12.8 Å². The fourth-order valence-electron chi connectivity index (χ4n) is 3.08. The van der Waals surface area contributed by atoms with Crippen LogP contribution in [0.1, 0.15) is 31.0 Å². The minimum Gasteiger partial charge on any atom is -0.211 e. The molecule has 6 nitrogen and oxygen atoms in total. The average molecular weight is 445 g/mol. The quantitative estimate of drug-likeness (QED) is 0.463. The van der Waals surface area contributed by atoms with Gasteiger partial charge in [-0.05, 0) is 35.7 Å². The summed E-state index contributed by atoms with van der Waals surface area (Å²) >= 11 is 1.38. The van der Waals surface area contributed by atoms with E-state index in [4.69, 9.17) is 0 Å². The van der Waals surface area contributed by atoms with Crippen LogP contribution in [0.15, 0.2) is 58.8 Å². The molecule has 0 unspecified atom stereocenters. The van der Waals surface area contributed by atoms with Gasteiger partial charge in [0, 0.05) is 18.3 Å². The van der Waals surface area contributed by atoms with Crippen LogP contribution in [0.25, 0.3) is 16.3 Å². The molecule has 0 aliphatic carbocycles. The van der Waals surface area contributed by atoms with Crippen molar-refractivity contribution in [3.63, 3.8) is 0 Å². The van der Waals surface area contributed by atoms with E-state index in [0.717, 1.165) is 11.3 Å². The number of hydrogen-bond acceptors (Lipinski definition) is 5. The van der Waals surface area contributed by atoms with Crippen molar-refractivity contribution in [3.8, 4) is 11.4 Å². The zero-order chi connectivity index (χ0) is 21.3. The van der Waals surface area contributed by atoms with E-state index < -0.39 is 10.0 Å². The molecule has 0 aliphatic rings. The number of nitrogens with one attached hydrogen (secondary N) is 1. The molecule has 156 valence electrons. The van der Waals surface area contributed by atoms with Crippen molar-refractivity contribution in [3.05, 3.63) is 71.0 Å². The zero-order valence-electron chi connectivity index (χ0n) is 16.5. The van der Waals surface area contributed by atoms with E-state index in [0.29, 0.717) is 28.7 Å². The minimum absolute atomic E-state index is 0.217. The molecule has 4 aromatic rings. The third-order valence-corrected chi connectivity index (χ3v) is 7.14. The Morgan fingerprint density at radius 3 is 2.57 bits per heavy atom. The maximum absolute atomic E-state index is 14.0. The second-order valence-electron chi connectivity index (χ2n) is 7.21. The van der Waals surface area contributed by atoms with Gasteiger partial charge in [0.25, 0.3) is 0 Å². The third kappa shape index (κ3) is 4.14. The number of benzene rings is 2. The van der Waals surface area contributed by atoms with Gasteiger partial charge in [0.05, 0.1) is 16.2 Å². The third-order valence-electron chi connectivity index (χ3n) is 4.79. The lowest BCUT2D eigenvalue weighted by Gasteiger charge is -2.09. The Kier molecular flexibility index (Phi) is 5.68. The number of fused-ring (bicyclic) bond motifs is 1. The molecule has 0 radical (unpaired) electrons. The molecule has 0 saturated carbocycles. The molecule has 4 rings (SSSR count). The first-order valence-electron chi connectivity index (χ1n) is 9.53. The van der Waals surface area contributed by atoms with E-state index in [1.54, 1.807) is 34.8 Å². The van der Waals surface area contributed by atoms with Gasteiger partial charge in [0.1, 0.15) is 5.82 Å². The Morgan fingerprint density at radius 1 is 1.13 bits per heavy atom. The lowest BCUT2D eigenvalue weighted by atomic mass is 10.0. The molecule has 0 spiro atoms. The number of halogens is 1. The number of aromatic nitrogens is 3. The summed E-state index contributed by atoms with van der Waals surface area (Å²) in [5.41, 5.74) is 2.24. The van der Waals surface area contributed by atoms with E-state index in [9.17, 15) is 12.8 Å². The highest BCUT2D eigenvalue weighted by molar-refractivity contribution is 7.89. The highest BCUT2D eigenvalue weighted by atomic mass is 32.2. The Hall–Kier alpha value is -2.62. The van der Waals surface area contributed by atoms with Crippen molar-refractivity contribution in [2.75, 3.05) is 6.54 Å². The lowest BCUT2D eigenvalue weighted by Crippen LogP contribution is -2.26. The van der Waals surface area contributed by atoms with Gasteiger partial charge in [0.2, 0.25) is 15.0 Å². The molecule has 0 saturated heterocycles. The molecule has 2 heterocycles. The molecule has 0 atom stereocenters. The van der Waals surface area contributed by atoms with Crippen molar-refractivity contribution in [1.82, 2.24) is 19.3 Å². The van der Waals surface area contributed by atoms with E-state index in [-0.39, 0.29) is 17.3 Å². The topological polar surface area (TPSA) is 76.4 Å². The SMILES string of the molecule is CC(C)c1ccc(S(=O)(=O)NCCc2csc3nc(-c4ccccc4F)nn23)cc1. The smallest absolute Gasteiger partial charge is 0.211 e. The first-order valence-corrected chi connectivity index (χ1v) is 11.9. The second-order valence-corrected chi connectivity index (χ2v) is 9.81. The molecule has 1 N–H and O–H groups in total. The first kappa shape index (κ1) is 20.6. The van der Waals surface area contributed by atoms with Gasteiger partial charge in [-0.1, -0.05) is 38.1 Å². The monoisotopic (exact) mass is 444 g/mol. The van der Waals surface area contributed by atoms with Crippen LogP contribution < -0.4 is 4.72 Å². The van der Waals surface area contributed by atoms with Crippen LogP contribution in [-0.2, 0) is 16.4 Å². The number of hydrogen-bond donors (Lipinski definition) is 1. The molecule has 2 aromatic carbocycles. The second kappa shape index (κ2) is 8.25. The predicted octanol–water partition coefficient (Wildman–Crippen LogP) is 4.24. The van der Waals surface area contributed by atoms with Crippen molar-refractivity contribution in [1.29, 1.82) is 0 Å². The summed E-state index contributed by atoms with van der Waals surface area (Å²) in [6, 6.07) is 13.3. The number of nitrogens with zero attached hydrogens (tertiary/aromatic N) is 3. The van der Waals surface area contributed by atoms with Crippen molar-refractivity contribution in [2.24, 2.45) is 0 Å². The lowest BCUT2D eigenvalue weighted by molar-refractivity contribution is 0.581. The molecule has 0 bridgehead atoms. The van der Waals surface area contributed by atoms with Crippen molar-refractivity contribution in [2.45, 2.75) is 31.1 Å². The number of thiazole rings is 1. The highest BCUT2D eigenvalue weighted by Crippen LogP contribution is 2.23. The fraction of sp³-hybridized carbons (Fsp3) is 0.238. The first-order chi connectivity index (χ1) is 14.3. The summed E-state index contributed by atoms with van der Waals surface area (Å²) in [7, 11) is -3.59. The highest BCUT2D eigenvalue weighted by Gasteiger charge is 2.16. The van der Waals surface area contributed by atoms with Crippen LogP contribution in [-0.4, -0.2) is 29.6 Å². The van der Waals surface area contributed by atoms with Crippen molar-refractivity contribution >= 4 is 26.3 Å². The standard InChI is InChI=1S/C21H21FN4O2S2/c1-14(2)15-7-9-17(10-8-15)30(27,28)23-12-11-16-13-29-21-24-20(25-26(16)21)18-5-3-4-6-19(18)22/h3-10,13-14,23H,11-12H2,1-2H3. The molecule has 9 heteroatoms. The van der Waals surface area contributed by atoms with E-state index in [1.807, 2.05) is 17.5 Å². The molecular weight excluding hydrogens is 423 g/mol. The van der Waals surface area contributed by atoms with Crippen LogP contribution in [0.5, 0.6) is 0 Å². The molecule has 0 fully saturated rings. The van der Waals surface area contributed by atoms with Crippen LogP contribution in [0.3, 0.4) is 0 Å². The normalized spacial score (nSPS) is 12.1. The van der Waals surface area contributed by atoms with E-state index >= 15 is 0 Å².